The summed E-state index contributed by atoms with van der Waals surface area (Å²) in [5.41, 5.74) is 16.1. The Morgan fingerprint density at radius 3 is 2.16 bits per heavy atom. The number of carboxylic acid groups (broad SMARTS) is 2. The van der Waals surface area contributed by atoms with Crippen molar-refractivity contribution in [1.29, 1.82) is 0 Å². The number of rotatable bonds is 15. The summed E-state index contributed by atoms with van der Waals surface area (Å²) in [4.78, 5) is 62.7. The van der Waals surface area contributed by atoms with Crippen LogP contribution in [0.15, 0.2) is 4.99 Å². The summed E-state index contributed by atoms with van der Waals surface area (Å²) < 4.78 is 0. The molecule has 0 aliphatic rings. The minimum absolute atomic E-state index is 0.0847. The van der Waals surface area contributed by atoms with Gasteiger partial charge < -0.3 is 43.4 Å². The number of nitrogens with two attached hydrogens (primary N) is 3. The maximum atomic E-state index is 12.4. The fourth-order valence-corrected chi connectivity index (χ4v) is 2.52. The molecule has 0 radical (unpaired) electrons. The van der Waals surface area contributed by atoms with E-state index in [1.807, 2.05) is 0 Å². The molecule has 3 amide bonds. The van der Waals surface area contributed by atoms with Crippen molar-refractivity contribution in [3.63, 3.8) is 0 Å². The number of hydrogen-bond acceptors (Lipinski definition) is 7. The van der Waals surface area contributed by atoms with E-state index in [1.165, 1.54) is 0 Å². The first kappa shape index (κ1) is 28.6. The van der Waals surface area contributed by atoms with E-state index in [-0.39, 0.29) is 18.9 Å². The van der Waals surface area contributed by atoms with Crippen molar-refractivity contribution in [1.82, 2.24) is 16.0 Å². The lowest BCUT2D eigenvalue weighted by Crippen LogP contribution is -2.55. The van der Waals surface area contributed by atoms with E-state index in [2.05, 4.69) is 20.9 Å². The lowest BCUT2D eigenvalue weighted by atomic mass is 9.98. The predicted octanol–water partition coefficient (Wildman–Crippen LogP) is -2.94. The number of nitrogens with one attached hydrogen (secondary N) is 3. The highest BCUT2D eigenvalue weighted by Gasteiger charge is 2.30. The molecule has 11 N–H and O–H groups in total. The number of aliphatic imine (C=N–C) groups is 1. The summed E-state index contributed by atoms with van der Waals surface area (Å²) >= 11 is 0. The van der Waals surface area contributed by atoms with Gasteiger partial charge in [0.2, 0.25) is 17.7 Å². The second-order valence-electron chi connectivity index (χ2n) is 7.20. The smallest absolute Gasteiger partial charge is 0.326 e. The molecule has 14 nitrogen and oxygen atoms in total. The van der Waals surface area contributed by atoms with Crippen molar-refractivity contribution in [3.05, 3.63) is 0 Å². The van der Waals surface area contributed by atoms with Gasteiger partial charge in [-0.15, -0.1) is 0 Å². The third-order valence-corrected chi connectivity index (χ3v) is 4.53. The number of nitrogens with zero attached hydrogens (tertiary/aromatic N) is 1. The zero-order valence-electron chi connectivity index (χ0n) is 18.2. The van der Waals surface area contributed by atoms with E-state index in [1.54, 1.807) is 13.8 Å². The first-order valence-corrected chi connectivity index (χ1v) is 10.0. The third-order valence-electron chi connectivity index (χ3n) is 4.53. The Morgan fingerprint density at radius 2 is 1.66 bits per heavy atom. The van der Waals surface area contributed by atoms with Crippen LogP contribution in [0.25, 0.3) is 0 Å². The molecule has 0 aliphatic heterocycles. The highest BCUT2D eigenvalue weighted by Crippen LogP contribution is 2.08. The van der Waals surface area contributed by atoms with E-state index in [4.69, 9.17) is 22.3 Å². The van der Waals surface area contributed by atoms with Crippen LogP contribution < -0.4 is 33.2 Å². The van der Waals surface area contributed by atoms with Crippen LogP contribution in [-0.4, -0.2) is 77.0 Å². The molecular weight excluding hydrogens is 426 g/mol. The van der Waals surface area contributed by atoms with Gasteiger partial charge in [-0.25, -0.2) is 4.79 Å². The summed E-state index contributed by atoms with van der Waals surface area (Å²) in [6.07, 6.45) is 0.356. The first-order chi connectivity index (χ1) is 14.9. The molecule has 0 rings (SSSR count). The number of carboxylic acids is 2. The molecule has 4 unspecified atom stereocenters. The number of guanidine groups is 1. The van der Waals surface area contributed by atoms with Gasteiger partial charge in [-0.3, -0.25) is 24.2 Å². The van der Waals surface area contributed by atoms with Gasteiger partial charge in [0.05, 0.1) is 19.0 Å². The maximum Gasteiger partial charge on any atom is 0.326 e. The van der Waals surface area contributed by atoms with Crippen molar-refractivity contribution in [3.8, 4) is 0 Å². The van der Waals surface area contributed by atoms with Crippen molar-refractivity contribution in [2.75, 3.05) is 13.1 Å². The summed E-state index contributed by atoms with van der Waals surface area (Å²) in [5, 5.41) is 25.0. The van der Waals surface area contributed by atoms with Crippen LogP contribution in [0.5, 0.6) is 0 Å². The monoisotopic (exact) mass is 459 g/mol. The first-order valence-electron chi connectivity index (χ1n) is 10.0. The molecule has 0 saturated heterocycles. The second kappa shape index (κ2) is 14.6. The Bertz CT molecular complexity index is 710. The fraction of sp³-hybridized carbons (Fsp3) is 0.667. The molecule has 0 spiro atoms. The van der Waals surface area contributed by atoms with Crippen LogP contribution in [0, 0.1) is 5.92 Å². The van der Waals surface area contributed by atoms with Crippen LogP contribution in [-0.2, 0) is 24.0 Å². The van der Waals surface area contributed by atoms with E-state index in [0.717, 1.165) is 0 Å². The van der Waals surface area contributed by atoms with E-state index in [9.17, 15) is 29.1 Å². The molecule has 0 aromatic heterocycles. The number of hydrogen-bond donors (Lipinski definition) is 8. The molecule has 32 heavy (non-hydrogen) atoms. The van der Waals surface area contributed by atoms with Gasteiger partial charge in [0.15, 0.2) is 5.96 Å². The standard InChI is InChI=1S/C18H33N7O7/c1-3-9(2)14(17(31)32)25-16(30)11(7-13(27)28)24-12(26)8-23-15(29)10(19)5-4-6-22-18(20)21/h9-11,14H,3-8,19H2,1-2H3,(H,23,29)(H,24,26)(H,25,30)(H,27,28)(H,31,32)(H4,20,21,22). The van der Waals surface area contributed by atoms with Gasteiger partial charge in [0.1, 0.15) is 12.1 Å². The van der Waals surface area contributed by atoms with Gasteiger partial charge >= 0.3 is 11.9 Å². The van der Waals surface area contributed by atoms with Crippen LogP contribution in [0.2, 0.25) is 0 Å². The predicted molar refractivity (Wildman–Crippen MR) is 114 cm³/mol. The molecule has 0 aromatic carbocycles. The Kier molecular flexibility index (Phi) is 13.0. The normalized spacial score (nSPS) is 14.2. The molecule has 0 heterocycles. The SMILES string of the molecule is CCC(C)C(NC(=O)C(CC(=O)O)NC(=O)CNC(=O)C(N)CCCN=C(N)N)C(=O)O. The van der Waals surface area contributed by atoms with Crippen LogP contribution in [0.3, 0.4) is 0 Å². The molecule has 14 heteroatoms. The Labute approximate surface area is 185 Å². The Balaban J connectivity index is 4.82. The van der Waals surface area contributed by atoms with E-state index >= 15 is 0 Å². The highest BCUT2D eigenvalue weighted by molar-refractivity contribution is 5.94. The molecule has 0 aliphatic carbocycles. The lowest BCUT2D eigenvalue weighted by Gasteiger charge is -2.23. The Hall–Kier alpha value is -3.42. The summed E-state index contributed by atoms with van der Waals surface area (Å²) in [7, 11) is 0. The zero-order chi connectivity index (χ0) is 24.8. The molecule has 0 aromatic rings. The minimum Gasteiger partial charge on any atom is -0.481 e. The third kappa shape index (κ3) is 11.7. The lowest BCUT2D eigenvalue weighted by molar-refractivity contribution is -0.144. The number of amides is 3. The zero-order valence-corrected chi connectivity index (χ0v) is 18.2. The molecule has 0 fully saturated rings. The number of carbonyl (C=O) groups excluding carboxylic acids is 3. The van der Waals surface area contributed by atoms with Gasteiger partial charge in [-0.05, 0) is 18.8 Å². The van der Waals surface area contributed by atoms with Gasteiger partial charge in [-0.2, -0.15) is 0 Å². The number of aliphatic carboxylic acids is 2. The molecule has 182 valence electrons. The van der Waals surface area contributed by atoms with Gasteiger partial charge in [0, 0.05) is 6.54 Å². The average Bonchev–Trinajstić information content (AvgIpc) is 2.71. The molecule has 0 bridgehead atoms. The summed E-state index contributed by atoms with van der Waals surface area (Å²) in [6, 6.07) is -3.71. The fourth-order valence-electron chi connectivity index (χ4n) is 2.52. The van der Waals surface area contributed by atoms with E-state index < -0.39 is 66.7 Å². The molecule has 0 saturated carbocycles. The largest absolute Gasteiger partial charge is 0.481 e. The average molecular weight is 460 g/mol. The van der Waals surface area contributed by atoms with Crippen LogP contribution >= 0.6 is 0 Å². The summed E-state index contributed by atoms with van der Waals surface area (Å²) in [5.74, 6) is -5.61. The maximum absolute atomic E-state index is 12.4. The number of carbonyl (C=O) groups is 5. The van der Waals surface area contributed by atoms with Gasteiger partial charge in [0.25, 0.3) is 0 Å². The quantitative estimate of drug-likeness (QED) is 0.0702. The summed E-state index contributed by atoms with van der Waals surface area (Å²) in [6.45, 7) is 3.07. The molecular formula is C18H33N7O7. The highest BCUT2D eigenvalue weighted by atomic mass is 16.4. The van der Waals surface area contributed by atoms with Crippen LogP contribution in [0.1, 0.15) is 39.5 Å². The molecule has 4 atom stereocenters. The van der Waals surface area contributed by atoms with Crippen molar-refractivity contribution in [2.24, 2.45) is 28.1 Å². The Morgan fingerprint density at radius 1 is 1.03 bits per heavy atom. The van der Waals surface area contributed by atoms with E-state index in [0.29, 0.717) is 12.8 Å². The minimum atomic E-state index is -1.53. The van der Waals surface area contributed by atoms with Crippen molar-refractivity contribution >= 4 is 35.6 Å². The second-order valence-corrected chi connectivity index (χ2v) is 7.20. The van der Waals surface area contributed by atoms with Gasteiger partial charge in [-0.1, -0.05) is 20.3 Å². The van der Waals surface area contributed by atoms with Crippen molar-refractivity contribution < 1.29 is 34.2 Å². The van der Waals surface area contributed by atoms with Crippen LogP contribution in [0.4, 0.5) is 0 Å². The van der Waals surface area contributed by atoms with Crippen molar-refractivity contribution in [2.45, 2.75) is 57.7 Å². The topological polar surface area (TPSA) is 252 Å².